The molecule has 1 saturated heterocycles. The number of halogens is 1. The molecule has 0 aliphatic carbocycles. The van der Waals surface area contributed by atoms with Gasteiger partial charge < -0.3 is 9.52 Å². The van der Waals surface area contributed by atoms with Gasteiger partial charge in [0.2, 0.25) is 0 Å². The molecular formula is C18H19FN2O2. The smallest absolute Gasteiger partial charge is 0.132 e. The minimum atomic E-state index is -0.638. The summed E-state index contributed by atoms with van der Waals surface area (Å²) in [6.45, 7) is 1.38. The van der Waals surface area contributed by atoms with Crippen molar-refractivity contribution in [2.75, 3.05) is 6.54 Å². The van der Waals surface area contributed by atoms with E-state index in [4.69, 9.17) is 9.68 Å². The van der Waals surface area contributed by atoms with E-state index in [1.54, 1.807) is 30.5 Å². The maximum absolute atomic E-state index is 14.1. The molecule has 23 heavy (non-hydrogen) atoms. The van der Waals surface area contributed by atoms with Gasteiger partial charge in [0.05, 0.1) is 17.9 Å². The molecule has 0 spiro atoms. The van der Waals surface area contributed by atoms with Crippen LogP contribution in [-0.4, -0.2) is 22.6 Å². The number of nitriles is 1. The third-order valence-electron chi connectivity index (χ3n) is 4.42. The number of nitrogens with zero attached hydrogens (tertiary/aromatic N) is 2. The van der Waals surface area contributed by atoms with Gasteiger partial charge in [-0.15, -0.1) is 0 Å². The van der Waals surface area contributed by atoms with Crippen LogP contribution in [0.15, 0.2) is 41.0 Å². The summed E-state index contributed by atoms with van der Waals surface area (Å²) in [6, 6.07) is 10.3. The standard InChI is InChI=1S/C18H19FN2O2/c19-16-9-13(11-20)5-6-14(16)12-21-7-1-3-15(21)10-17(22)18-4-2-8-23-18/h2,4-6,8-9,15,17,22H,1,3,7,10,12H2. The Morgan fingerprint density at radius 3 is 3.00 bits per heavy atom. The van der Waals surface area contributed by atoms with Crippen LogP contribution in [0.4, 0.5) is 4.39 Å². The zero-order valence-corrected chi connectivity index (χ0v) is 12.8. The monoisotopic (exact) mass is 314 g/mol. The summed E-state index contributed by atoms with van der Waals surface area (Å²) in [4.78, 5) is 2.19. The molecule has 0 bridgehead atoms. The van der Waals surface area contributed by atoms with Crippen molar-refractivity contribution in [1.82, 2.24) is 4.90 Å². The molecule has 0 saturated carbocycles. The highest BCUT2D eigenvalue weighted by molar-refractivity contribution is 5.32. The minimum absolute atomic E-state index is 0.199. The van der Waals surface area contributed by atoms with E-state index in [9.17, 15) is 9.50 Å². The predicted molar refractivity (Wildman–Crippen MR) is 82.8 cm³/mol. The largest absolute Gasteiger partial charge is 0.467 e. The summed E-state index contributed by atoms with van der Waals surface area (Å²) in [5.41, 5.74) is 0.917. The summed E-state index contributed by atoms with van der Waals surface area (Å²) in [6.07, 6.45) is 3.51. The zero-order chi connectivity index (χ0) is 16.2. The summed E-state index contributed by atoms with van der Waals surface area (Å²) in [5, 5.41) is 19.1. The van der Waals surface area contributed by atoms with Crippen molar-refractivity contribution in [1.29, 1.82) is 5.26 Å². The normalized spacial score (nSPS) is 19.6. The molecule has 2 heterocycles. The van der Waals surface area contributed by atoms with E-state index in [1.807, 2.05) is 6.07 Å². The molecule has 0 radical (unpaired) electrons. The Hall–Kier alpha value is -2.16. The van der Waals surface area contributed by atoms with Gasteiger partial charge in [0.15, 0.2) is 0 Å². The third kappa shape index (κ3) is 3.61. The van der Waals surface area contributed by atoms with Gasteiger partial charge in [-0.25, -0.2) is 4.39 Å². The summed E-state index contributed by atoms with van der Waals surface area (Å²) in [7, 11) is 0. The van der Waals surface area contributed by atoms with E-state index in [0.29, 0.717) is 29.9 Å². The first kappa shape index (κ1) is 15.7. The lowest BCUT2D eigenvalue weighted by Crippen LogP contribution is -2.30. The van der Waals surface area contributed by atoms with Crippen LogP contribution in [0, 0.1) is 17.1 Å². The maximum atomic E-state index is 14.1. The van der Waals surface area contributed by atoms with Crippen LogP contribution in [0.3, 0.4) is 0 Å². The molecule has 1 fully saturated rings. The van der Waals surface area contributed by atoms with E-state index < -0.39 is 6.10 Å². The van der Waals surface area contributed by atoms with E-state index in [1.165, 1.54) is 6.07 Å². The molecule has 1 aliphatic rings. The number of aliphatic hydroxyl groups excluding tert-OH is 1. The van der Waals surface area contributed by atoms with Crippen LogP contribution in [0.5, 0.6) is 0 Å². The number of hydrogen-bond donors (Lipinski definition) is 1. The lowest BCUT2D eigenvalue weighted by atomic mass is 10.0. The molecule has 1 N–H and O–H groups in total. The van der Waals surface area contributed by atoms with E-state index in [-0.39, 0.29) is 11.9 Å². The summed E-state index contributed by atoms with van der Waals surface area (Å²) in [5.74, 6) is 0.225. The average molecular weight is 314 g/mol. The Morgan fingerprint density at radius 2 is 2.30 bits per heavy atom. The maximum Gasteiger partial charge on any atom is 0.132 e. The lowest BCUT2D eigenvalue weighted by molar-refractivity contribution is 0.0992. The molecule has 2 unspecified atom stereocenters. The fraction of sp³-hybridized carbons (Fsp3) is 0.389. The molecule has 2 aromatic rings. The van der Waals surface area contributed by atoms with Crippen LogP contribution < -0.4 is 0 Å². The van der Waals surface area contributed by atoms with Crippen LogP contribution >= 0.6 is 0 Å². The number of hydrogen-bond acceptors (Lipinski definition) is 4. The molecule has 3 rings (SSSR count). The number of aliphatic hydroxyl groups is 1. The van der Waals surface area contributed by atoms with Gasteiger partial charge in [-0.2, -0.15) is 5.26 Å². The summed E-state index contributed by atoms with van der Waals surface area (Å²) >= 11 is 0. The first-order valence-electron chi connectivity index (χ1n) is 7.81. The molecule has 4 nitrogen and oxygen atoms in total. The molecule has 2 atom stereocenters. The van der Waals surface area contributed by atoms with Crippen LogP contribution in [0.1, 0.15) is 42.3 Å². The third-order valence-corrected chi connectivity index (χ3v) is 4.42. The summed E-state index contributed by atoms with van der Waals surface area (Å²) < 4.78 is 19.3. The van der Waals surface area contributed by atoms with Crippen molar-refractivity contribution < 1.29 is 13.9 Å². The fourth-order valence-corrected chi connectivity index (χ4v) is 3.19. The van der Waals surface area contributed by atoms with Gasteiger partial charge in [0.1, 0.15) is 17.7 Å². The van der Waals surface area contributed by atoms with Crippen molar-refractivity contribution in [2.45, 2.75) is 38.0 Å². The van der Waals surface area contributed by atoms with Crippen molar-refractivity contribution >= 4 is 0 Å². The number of likely N-dealkylation sites (tertiary alicyclic amines) is 1. The highest BCUT2D eigenvalue weighted by Gasteiger charge is 2.28. The van der Waals surface area contributed by atoms with Crippen LogP contribution in [0.2, 0.25) is 0 Å². The van der Waals surface area contributed by atoms with Gasteiger partial charge in [0, 0.05) is 18.2 Å². The van der Waals surface area contributed by atoms with Gasteiger partial charge in [-0.1, -0.05) is 6.07 Å². The van der Waals surface area contributed by atoms with Crippen molar-refractivity contribution in [2.24, 2.45) is 0 Å². The van der Waals surface area contributed by atoms with Crippen LogP contribution in [0.25, 0.3) is 0 Å². The Bertz CT molecular complexity index is 694. The topological polar surface area (TPSA) is 60.4 Å². The van der Waals surface area contributed by atoms with Crippen LogP contribution in [-0.2, 0) is 6.54 Å². The van der Waals surface area contributed by atoms with E-state index >= 15 is 0 Å². The Kier molecular flexibility index (Phi) is 4.75. The molecule has 120 valence electrons. The predicted octanol–water partition coefficient (Wildman–Crippen LogP) is 3.38. The lowest BCUT2D eigenvalue weighted by Gasteiger charge is -2.26. The first-order chi connectivity index (χ1) is 11.2. The van der Waals surface area contributed by atoms with Crippen molar-refractivity contribution in [3.05, 3.63) is 59.3 Å². The molecule has 1 aromatic heterocycles. The highest BCUT2D eigenvalue weighted by atomic mass is 19.1. The molecule has 0 amide bonds. The van der Waals surface area contributed by atoms with E-state index in [0.717, 1.165) is 19.4 Å². The zero-order valence-electron chi connectivity index (χ0n) is 12.8. The second-order valence-corrected chi connectivity index (χ2v) is 5.95. The van der Waals surface area contributed by atoms with Crippen molar-refractivity contribution in [3.63, 3.8) is 0 Å². The van der Waals surface area contributed by atoms with Gasteiger partial charge >= 0.3 is 0 Å². The first-order valence-corrected chi connectivity index (χ1v) is 7.81. The molecule has 5 heteroatoms. The number of benzene rings is 1. The number of furan rings is 1. The van der Waals surface area contributed by atoms with Crippen molar-refractivity contribution in [3.8, 4) is 6.07 Å². The number of rotatable bonds is 5. The highest BCUT2D eigenvalue weighted by Crippen LogP contribution is 2.29. The SMILES string of the molecule is N#Cc1ccc(CN2CCCC2CC(O)c2ccco2)c(F)c1. The fourth-order valence-electron chi connectivity index (χ4n) is 3.19. The quantitative estimate of drug-likeness (QED) is 0.919. The second kappa shape index (κ2) is 6.95. The molecular weight excluding hydrogens is 295 g/mol. The Labute approximate surface area is 134 Å². The molecule has 1 aromatic carbocycles. The van der Waals surface area contributed by atoms with Gasteiger partial charge in [-0.3, -0.25) is 4.90 Å². The Morgan fingerprint density at radius 1 is 1.43 bits per heavy atom. The molecule has 1 aliphatic heterocycles. The van der Waals surface area contributed by atoms with E-state index in [2.05, 4.69) is 4.90 Å². The minimum Gasteiger partial charge on any atom is -0.467 e. The Balaban J connectivity index is 1.66. The van der Waals surface area contributed by atoms with Gasteiger partial charge in [0.25, 0.3) is 0 Å². The average Bonchev–Trinajstić information content (AvgIpc) is 3.21. The second-order valence-electron chi connectivity index (χ2n) is 5.95. The van der Waals surface area contributed by atoms with Gasteiger partial charge in [-0.05, 0) is 50.1 Å².